The van der Waals surface area contributed by atoms with E-state index in [0.717, 1.165) is 42.5 Å². The van der Waals surface area contributed by atoms with E-state index in [4.69, 9.17) is 25.5 Å². The number of aliphatic carboxylic acids is 2. The van der Waals surface area contributed by atoms with Gasteiger partial charge in [-0.05, 0) is 48.7 Å². The number of nitrogens with two attached hydrogens (primary N) is 1. The fraction of sp³-hybridized carbons (Fsp3) is 0.333. The van der Waals surface area contributed by atoms with E-state index < -0.39 is 30.2 Å². The Bertz CT molecular complexity index is 1340. The van der Waals surface area contributed by atoms with Gasteiger partial charge < -0.3 is 26.6 Å². The molecular weight excluding hydrogens is 552 g/mol. The van der Waals surface area contributed by atoms with Crippen LogP contribution in [0.2, 0.25) is 0 Å². The molecule has 40 heavy (non-hydrogen) atoms. The summed E-state index contributed by atoms with van der Waals surface area (Å²) in [4.78, 5) is 29.4. The highest BCUT2D eigenvalue weighted by Crippen LogP contribution is 2.41. The molecule has 0 spiro atoms. The summed E-state index contributed by atoms with van der Waals surface area (Å²) in [7, 11) is 0. The van der Waals surface area contributed by atoms with Gasteiger partial charge in [0.2, 0.25) is 0 Å². The second-order valence-electron chi connectivity index (χ2n) is 8.85. The molecule has 6 N–H and O–H groups in total. The van der Waals surface area contributed by atoms with Crippen LogP contribution in [0.25, 0.3) is 16.6 Å². The second-order valence-corrected chi connectivity index (χ2v) is 8.85. The zero-order valence-electron chi connectivity index (χ0n) is 20.3. The van der Waals surface area contributed by atoms with Crippen molar-refractivity contribution in [2.24, 2.45) is 17.6 Å². The van der Waals surface area contributed by atoms with Crippen molar-refractivity contribution >= 4 is 28.7 Å². The van der Waals surface area contributed by atoms with Crippen molar-refractivity contribution in [3.05, 3.63) is 59.8 Å². The summed E-state index contributed by atoms with van der Waals surface area (Å²) in [5.74, 6) is -4.32. The fourth-order valence-electron chi connectivity index (χ4n) is 4.10. The zero-order chi connectivity index (χ0) is 29.8. The van der Waals surface area contributed by atoms with Gasteiger partial charge in [0.1, 0.15) is 5.52 Å². The summed E-state index contributed by atoms with van der Waals surface area (Å²) in [6.07, 6.45) is -8.24. The van der Waals surface area contributed by atoms with Crippen molar-refractivity contribution in [1.82, 2.24) is 20.4 Å². The standard InChI is InChI=1S/C20H21N5O.2C2HF3O2/c21-20(26)15-3-1-2-13-11-25(24-18(13)15)14-6-4-12(5-7-14)8-23-19-16-9-22-10-17(16)19;2*3-2(4,5)1(6)7/h1-7,11,16-17,19,22-23H,8-10H2,(H2,21,26);2*(H,6,7). The smallest absolute Gasteiger partial charge is 0.475 e. The van der Waals surface area contributed by atoms with Crippen LogP contribution in [0.5, 0.6) is 0 Å². The number of carboxylic acids is 2. The van der Waals surface area contributed by atoms with E-state index in [-0.39, 0.29) is 0 Å². The van der Waals surface area contributed by atoms with Crippen molar-refractivity contribution < 1.29 is 50.9 Å². The molecule has 3 aromatic rings. The van der Waals surface area contributed by atoms with E-state index in [0.29, 0.717) is 17.1 Å². The second kappa shape index (κ2) is 11.9. The maximum atomic E-state index is 11.6. The minimum Gasteiger partial charge on any atom is -0.475 e. The predicted molar refractivity (Wildman–Crippen MR) is 127 cm³/mol. The Hall–Kier alpha value is -4.18. The SMILES string of the molecule is NC(=O)c1cccc2cn(-c3ccc(CNC4C5CNCC54)cc3)nc12.O=C(O)C(F)(F)F.O=C(O)C(F)(F)F. The Morgan fingerprint density at radius 1 is 0.950 bits per heavy atom. The number of hydrogen-bond donors (Lipinski definition) is 5. The number of piperidine rings is 1. The molecule has 2 unspecified atom stereocenters. The fourth-order valence-corrected chi connectivity index (χ4v) is 4.10. The Balaban J connectivity index is 0.000000263. The number of fused-ring (bicyclic) bond motifs is 2. The van der Waals surface area contributed by atoms with Crippen LogP contribution in [0.15, 0.2) is 48.7 Å². The normalized spacial score (nSPS) is 19.5. The highest BCUT2D eigenvalue weighted by Gasteiger charge is 2.52. The van der Waals surface area contributed by atoms with Gasteiger partial charge in [-0.15, -0.1) is 0 Å². The van der Waals surface area contributed by atoms with Crippen LogP contribution in [0.3, 0.4) is 0 Å². The molecule has 2 fully saturated rings. The molecule has 1 aromatic heterocycles. The van der Waals surface area contributed by atoms with E-state index in [1.54, 1.807) is 10.7 Å². The molecule has 2 aromatic carbocycles. The highest BCUT2D eigenvalue weighted by molar-refractivity contribution is 6.04. The average molecular weight is 575 g/mol. The van der Waals surface area contributed by atoms with Crippen LogP contribution >= 0.6 is 0 Å². The molecule has 1 saturated heterocycles. The molecule has 1 aliphatic heterocycles. The molecular formula is C24H23F6N5O5. The molecule has 1 aliphatic carbocycles. The lowest BCUT2D eigenvalue weighted by molar-refractivity contribution is -0.193. The van der Waals surface area contributed by atoms with Gasteiger partial charge in [0.25, 0.3) is 5.91 Å². The summed E-state index contributed by atoms with van der Waals surface area (Å²) >= 11 is 0. The summed E-state index contributed by atoms with van der Waals surface area (Å²) in [6.45, 7) is 3.20. The Kier molecular flexibility index (Phi) is 9.04. The maximum Gasteiger partial charge on any atom is 0.490 e. The summed E-state index contributed by atoms with van der Waals surface area (Å²) in [5, 5.41) is 26.8. The molecule has 2 heterocycles. The third-order valence-electron chi connectivity index (χ3n) is 6.12. The number of hydrogen-bond acceptors (Lipinski definition) is 6. The number of carboxylic acid groups (broad SMARTS) is 2. The Morgan fingerprint density at radius 2 is 1.48 bits per heavy atom. The molecule has 216 valence electrons. The van der Waals surface area contributed by atoms with E-state index in [1.807, 2.05) is 18.3 Å². The van der Waals surface area contributed by atoms with E-state index in [1.165, 1.54) is 5.56 Å². The van der Waals surface area contributed by atoms with Gasteiger partial charge in [0.15, 0.2) is 0 Å². The lowest BCUT2D eigenvalue weighted by Crippen LogP contribution is -2.27. The zero-order valence-corrected chi connectivity index (χ0v) is 20.3. The van der Waals surface area contributed by atoms with Crippen LogP contribution in [0, 0.1) is 11.8 Å². The van der Waals surface area contributed by atoms with Crippen LogP contribution < -0.4 is 16.4 Å². The summed E-state index contributed by atoms with van der Waals surface area (Å²) in [5.41, 5.74) is 8.76. The van der Waals surface area contributed by atoms with Crippen molar-refractivity contribution in [1.29, 1.82) is 0 Å². The number of halogens is 6. The molecule has 2 aliphatic rings. The Labute approximate surface area is 221 Å². The average Bonchev–Trinajstić information content (AvgIpc) is 3.19. The first-order valence-corrected chi connectivity index (χ1v) is 11.5. The molecule has 2 atom stereocenters. The summed E-state index contributed by atoms with van der Waals surface area (Å²) in [6, 6.07) is 14.5. The first-order chi connectivity index (χ1) is 18.6. The Morgan fingerprint density at radius 3 is 1.95 bits per heavy atom. The number of nitrogens with zero attached hydrogens (tertiary/aromatic N) is 2. The van der Waals surface area contributed by atoms with Crippen LogP contribution in [0.1, 0.15) is 15.9 Å². The van der Waals surface area contributed by atoms with Gasteiger partial charge >= 0.3 is 24.3 Å². The minimum atomic E-state index is -5.08. The van der Waals surface area contributed by atoms with Gasteiger partial charge in [-0.3, -0.25) is 4.79 Å². The number of alkyl halides is 6. The molecule has 1 saturated carbocycles. The largest absolute Gasteiger partial charge is 0.490 e. The molecule has 10 nitrogen and oxygen atoms in total. The third-order valence-corrected chi connectivity index (χ3v) is 6.12. The van der Waals surface area contributed by atoms with Crippen LogP contribution in [-0.4, -0.2) is 69.3 Å². The third kappa shape index (κ3) is 7.69. The van der Waals surface area contributed by atoms with Crippen molar-refractivity contribution in [3.63, 3.8) is 0 Å². The quantitative estimate of drug-likeness (QED) is 0.291. The highest BCUT2D eigenvalue weighted by atomic mass is 19.4. The topological polar surface area (TPSA) is 160 Å². The van der Waals surface area contributed by atoms with Crippen molar-refractivity contribution in [2.75, 3.05) is 13.1 Å². The number of primary amides is 1. The summed E-state index contributed by atoms with van der Waals surface area (Å²) < 4.78 is 65.3. The van der Waals surface area contributed by atoms with Crippen LogP contribution in [-0.2, 0) is 16.1 Å². The molecule has 16 heteroatoms. The number of aromatic nitrogens is 2. The number of nitrogens with one attached hydrogen (secondary N) is 2. The molecule has 0 bridgehead atoms. The first kappa shape index (κ1) is 30.4. The lowest BCUT2D eigenvalue weighted by Gasteiger charge is -2.08. The van der Waals surface area contributed by atoms with E-state index in [9.17, 15) is 31.1 Å². The van der Waals surface area contributed by atoms with Gasteiger partial charge in [0.05, 0.1) is 11.3 Å². The monoisotopic (exact) mass is 575 g/mol. The lowest BCUT2D eigenvalue weighted by atomic mass is 10.1. The van der Waals surface area contributed by atoms with Gasteiger partial charge in [0, 0.05) is 24.2 Å². The number of rotatable bonds is 5. The number of benzene rings is 2. The minimum absolute atomic E-state index is 0.451. The number of carbonyl (C=O) groups is 3. The van der Waals surface area contributed by atoms with Crippen LogP contribution in [0.4, 0.5) is 26.3 Å². The van der Waals surface area contributed by atoms with E-state index in [2.05, 4.69) is 40.0 Å². The molecule has 5 rings (SSSR count). The van der Waals surface area contributed by atoms with E-state index >= 15 is 0 Å². The predicted octanol–water partition coefficient (Wildman–Crippen LogP) is 2.70. The first-order valence-electron chi connectivity index (χ1n) is 11.5. The maximum absolute atomic E-state index is 11.6. The molecule has 0 radical (unpaired) electrons. The van der Waals surface area contributed by atoms with Gasteiger partial charge in [-0.1, -0.05) is 24.3 Å². The number of carbonyl (C=O) groups excluding carboxylic acids is 1. The van der Waals surface area contributed by atoms with Crippen molar-refractivity contribution in [2.45, 2.75) is 24.9 Å². The number of amides is 1. The van der Waals surface area contributed by atoms with Crippen molar-refractivity contribution in [3.8, 4) is 5.69 Å². The van der Waals surface area contributed by atoms with Gasteiger partial charge in [-0.2, -0.15) is 31.4 Å². The van der Waals surface area contributed by atoms with Gasteiger partial charge in [-0.25, -0.2) is 14.3 Å². The molecule has 1 amide bonds.